The van der Waals surface area contributed by atoms with Crippen LogP contribution in [0.1, 0.15) is 42.4 Å². The molecule has 1 aliphatic carbocycles. The van der Waals surface area contributed by atoms with Gasteiger partial charge in [-0.3, -0.25) is 4.79 Å². The van der Waals surface area contributed by atoms with Crippen molar-refractivity contribution in [2.75, 3.05) is 13.1 Å². The Labute approximate surface area is 158 Å². The Bertz CT molecular complexity index is 820. The van der Waals surface area contributed by atoms with Gasteiger partial charge in [-0.05, 0) is 49.3 Å². The van der Waals surface area contributed by atoms with Crippen LogP contribution in [0.25, 0.3) is 5.69 Å². The molecule has 0 bridgehead atoms. The number of nitrogens with two attached hydrogens (primary N) is 1. The van der Waals surface area contributed by atoms with E-state index in [2.05, 4.69) is 17.2 Å². The van der Waals surface area contributed by atoms with Crippen LogP contribution in [0.4, 0.5) is 0 Å². The average Bonchev–Trinajstić information content (AvgIpc) is 3.31. The highest BCUT2D eigenvalue weighted by Gasteiger charge is 2.43. The molecule has 1 saturated carbocycles. The monoisotopic (exact) mass is 373 g/mol. The van der Waals surface area contributed by atoms with Crippen LogP contribution in [0.3, 0.4) is 0 Å². The summed E-state index contributed by atoms with van der Waals surface area (Å²) in [6, 6.07) is 7.67. The number of carbonyl (C=O) groups is 1. The third-order valence-corrected chi connectivity index (χ3v) is 5.94. The van der Waals surface area contributed by atoms with Crippen molar-refractivity contribution in [3.8, 4) is 5.69 Å². The number of carbonyl (C=O) groups excluding carboxylic acids is 1. The second-order valence-corrected chi connectivity index (χ2v) is 7.84. The van der Waals surface area contributed by atoms with E-state index in [-0.39, 0.29) is 11.9 Å². The minimum atomic E-state index is -0.0247. The first-order valence-corrected chi connectivity index (χ1v) is 9.71. The largest absolute Gasteiger partial charge is 0.337 e. The highest BCUT2D eigenvalue weighted by atomic mass is 35.5. The number of aromatic nitrogens is 3. The van der Waals surface area contributed by atoms with Gasteiger partial charge in [-0.1, -0.05) is 36.2 Å². The number of likely N-dealkylation sites (tertiary alicyclic amines) is 1. The van der Waals surface area contributed by atoms with Gasteiger partial charge in [0.25, 0.3) is 5.91 Å². The number of fused-ring (bicyclic) bond motifs is 1. The normalized spacial score (nSPS) is 24.9. The Morgan fingerprint density at radius 1 is 1.35 bits per heavy atom. The van der Waals surface area contributed by atoms with E-state index < -0.39 is 0 Å². The van der Waals surface area contributed by atoms with E-state index in [1.165, 1.54) is 0 Å². The van der Waals surface area contributed by atoms with Crippen LogP contribution >= 0.6 is 11.6 Å². The predicted octanol–water partition coefficient (Wildman–Crippen LogP) is 2.68. The van der Waals surface area contributed by atoms with Gasteiger partial charge in [0.15, 0.2) is 5.69 Å². The van der Waals surface area contributed by atoms with Gasteiger partial charge in [0.2, 0.25) is 0 Å². The van der Waals surface area contributed by atoms with Crippen LogP contribution in [0.15, 0.2) is 24.3 Å². The van der Waals surface area contributed by atoms with Crippen molar-refractivity contribution in [1.29, 1.82) is 0 Å². The van der Waals surface area contributed by atoms with Crippen molar-refractivity contribution in [3.63, 3.8) is 0 Å². The number of hydrogen-bond donors (Lipinski definition) is 1. The van der Waals surface area contributed by atoms with Crippen molar-refractivity contribution in [2.24, 2.45) is 17.6 Å². The third kappa shape index (κ3) is 3.01. The lowest BCUT2D eigenvalue weighted by Crippen LogP contribution is -2.34. The molecule has 1 aromatic carbocycles. The topological polar surface area (TPSA) is 77.0 Å². The molecule has 1 saturated heterocycles. The molecule has 26 heavy (non-hydrogen) atoms. The van der Waals surface area contributed by atoms with E-state index in [1.807, 2.05) is 29.2 Å². The maximum absolute atomic E-state index is 13.1. The summed E-state index contributed by atoms with van der Waals surface area (Å²) in [6.45, 7) is 3.61. The van der Waals surface area contributed by atoms with Gasteiger partial charge >= 0.3 is 0 Å². The lowest BCUT2D eigenvalue weighted by molar-refractivity contribution is 0.0772. The quantitative estimate of drug-likeness (QED) is 0.893. The van der Waals surface area contributed by atoms with Crippen LogP contribution in [-0.4, -0.2) is 44.9 Å². The number of amides is 1. The second-order valence-electron chi connectivity index (χ2n) is 7.40. The molecule has 1 amide bonds. The van der Waals surface area contributed by atoms with Crippen LogP contribution in [-0.2, 0) is 6.42 Å². The fraction of sp³-hybridized carbons (Fsp3) is 0.526. The molecule has 0 spiro atoms. The van der Waals surface area contributed by atoms with Crippen molar-refractivity contribution in [2.45, 2.75) is 38.6 Å². The van der Waals surface area contributed by atoms with Gasteiger partial charge in [-0.25, -0.2) is 4.68 Å². The van der Waals surface area contributed by atoms with Crippen LogP contribution in [0.2, 0.25) is 5.02 Å². The molecule has 4 rings (SSSR count). The number of rotatable bonds is 4. The Morgan fingerprint density at radius 2 is 2.19 bits per heavy atom. The molecule has 7 heteroatoms. The molecule has 3 unspecified atom stereocenters. The Morgan fingerprint density at radius 3 is 2.92 bits per heavy atom. The Hall–Kier alpha value is -1.92. The van der Waals surface area contributed by atoms with Gasteiger partial charge < -0.3 is 10.6 Å². The van der Waals surface area contributed by atoms with Gasteiger partial charge in [-0.2, -0.15) is 0 Å². The number of hydrogen-bond acceptors (Lipinski definition) is 4. The summed E-state index contributed by atoms with van der Waals surface area (Å²) in [7, 11) is 0. The zero-order valence-corrected chi connectivity index (χ0v) is 15.7. The first-order chi connectivity index (χ1) is 12.6. The van der Waals surface area contributed by atoms with Crippen LogP contribution in [0.5, 0.6) is 0 Å². The standard InChI is InChI=1S/C19H24ClN5O/c1-2-4-17-18(22-23-25(17)14-6-3-5-13(20)9-14)19(26)24-10-12-7-8-16(21)15(12)11-24/h3,5-6,9,12,15-16H,2,4,7-8,10-11,21H2,1H3. The van der Waals surface area contributed by atoms with Gasteiger partial charge in [0, 0.05) is 24.2 Å². The maximum atomic E-state index is 13.1. The van der Waals surface area contributed by atoms with E-state index >= 15 is 0 Å². The van der Waals surface area contributed by atoms with E-state index in [9.17, 15) is 4.79 Å². The summed E-state index contributed by atoms with van der Waals surface area (Å²) < 4.78 is 1.74. The summed E-state index contributed by atoms with van der Waals surface area (Å²) in [6.07, 6.45) is 3.83. The van der Waals surface area contributed by atoms with E-state index in [0.29, 0.717) is 22.6 Å². The van der Waals surface area contributed by atoms with E-state index in [4.69, 9.17) is 17.3 Å². The molecule has 2 N–H and O–H groups in total. The van der Waals surface area contributed by atoms with E-state index in [0.717, 1.165) is 50.2 Å². The van der Waals surface area contributed by atoms with Crippen molar-refractivity contribution < 1.29 is 4.79 Å². The summed E-state index contributed by atoms with van der Waals surface area (Å²) in [5, 5.41) is 9.14. The second kappa shape index (κ2) is 7.00. The van der Waals surface area contributed by atoms with Crippen molar-refractivity contribution >= 4 is 17.5 Å². The molecule has 138 valence electrons. The molecule has 6 nitrogen and oxygen atoms in total. The molecule has 3 atom stereocenters. The first kappa shape index (κ1) is 17.5. The molecule has 2 aliphatic rings. The molecular weight excluding hydrogens is 350 g/mol. The fourth-order valence-electron chi connectivity index (χ4n) is 4.37. The highest BCUT2D eigenvalue weighted by molar-refractivity contribution is 6.30. The summed E-state index contributed by atoms with van der Waals surface area (Å²) in [5.41, 5.74) is 8.34. The lowest BCUT2D eigenvalue weighted by Gasteiger charge is -2.18. The molecule has 2 aromatic rings. The smallest absolute Gasteiger partial charge is 0.276 e. The van der Waals surface area contributed by atoms with E-state index in [1.54, 1.807) is 4.68 Å². The maximum Gasteiger partial charge on any atom is 0.276 e. The van der Waals surface area contributed by atoms with Gasteiger partial charge in [0.1, 0.15) is 0 Å². The summed E-state index contributed by atoms with van der Waals surface area (Å²) in [4.78, 5) is 15.1. The van der Waals surface area contributed by atoms with Crippen LogP contribution < -0.4 is 5.73 Å². The number of benzene rings is 1. The predicted molar refractivity (Wildman–Crippen MR) is 100 cm³/mol. The minimum absolute atomic E-state index is 0.0247. The summed E-state index contributed by atoms with van der Waals surface area (Å²) in [5.74, 6) is 0.937. The lowest BCUT2D eigenvalue weighted by atomic mass is 9.98. The van der Waals surface area contributed by atoms with Gasteiger partial charge in [0.05, 0.1) is 11.4 Å². The molecule has 1 aromatic heterocycles. The van der Waals surface area contributed by atoms with Crippen molar-refractivity contribution in [1.82, 2.24) is 19.9 Å². The molecule has 2 heterocycles. The Kier molecular flexibility index (Phi) is 4.71. The zero-order chi connectivity index (χ0) is 18.3. The molecular formula is C19H24ClN5O. The highest BCUT2D eigenvalue weighted by Crippen LogP contribution is 2.37. The first-order valence-electron chi connectivity index (χ1n) is 9.34. The fourth-order valence-corrected chi connectivity index (χ4v) is 4.55. The minimum Gasteiger partial charge on any atom is -0.337 e. The number of halogens is 1. The summed E-state index contributed by atoms with van der Waals surface area (Å²) >= 11 is 6.12. The number of nitrogens with zero attached hydrogens (tertiary/aromatic N) is 4. The van der Waals surface area contributed by atoms with Crippen molar-refractivity contribution in [3.05, 3.63) is 40.7 Å². The molecule has 0 radical (unpaired) electrons. The zero-order valence-electron chi connectivity index (χ0n) is 14.9. The van der Waals surface area contributed by atoms with Crippen LogP contribution in [0, 0.1) is 11.8 Å². The third-order valence-electron chi connectivity index (χ3n) is 5.70. The molecule has 1 aliphatic heterocycles. The average molecular weight is 374 g/mol. The molecule has 2 fully saturated rings. The SMILES string of the molecule is CCCc1c(C(=O)N2CC3CCC(N)C3C2)nnn1-c1cccc(Cl)c1. The Balaban J connectivity index is 1.63. The van der Waals surface area contributed by atoms with Gasteiger partial charge in [-0.15, -0.1) is 5.10 Å².